The predicted octanol–water partition coefficient (Wildman–Crippen LogP) is 7.48. The number of hydrogen-bond donors (Lipinski definition) is 2. The third-order valence-electron chi connectivity index (χ3n) is 6.41. The van der Waals surface area contributed by atoms with Gasteiger partial charge in [-0.2, -0.15) is 0 Å². The highest BCUT2D eigenvalue weighted by Crippen LogP contribution is 2.42. The lowest BCUT2D eigenvalue weighted by Gasteiger charge is -2.43. The first-order valence-corrected chi connectivity index (χ1v) is 12.4. The fourth-order valence-electron chi connectivity index (χ4n) is 4.37. The lowest BCUT2D eigenvalue weighted by Crippen LogP contribution is -2.52. The van der Waals surface area contributed by atoms with E-state index in [0.29, 0.717) is 16.4 Å². The van der Waals surface area contributed by atoms with E-state index in [0.717, 1.165) is 47.1 Å². The topological polar surface area (TPSA) is 77.2 Å². The Morgan fingerprint density at radius 3 is 2.31 bits per heavy atom. The number of anilines is 1. The summed E-state index contributed by atoms with van der Waals surface area (Å²) >= 11 is 6.38. The van der Waals surface area contributed by atoms with Crippen LogP contribution in [0.4, 0.5) is 10.5 Å². The summed E-state index contributed by atoms with van der Waals surface area (Å²) in [5.41, 5.74) is 11.2. The first-order valence-electron chi connectivity index (χ1n) is 12.1. The average Bonchev–Trinajstić information content (AvgIpc) is 2.80. The van der Waals surface area contributed by atoms with Gasteiger partial charge < -0.3 is 15.8 Å². The number of carbonyl (C=O) groups is 1. The Morgan fingerprint density at radius 2 is 1.75 bits per heavy atom. The van der Waals surface area contributed by atoms with Gasteiger partial charge in [-0.3, -0.25) is 0 Å². The summed E-state index contributed by atoms with van der Waals surface area (Å²) < 4.78 is 5.51. The van der Waals surface area contributed by atoms with Crippen molar-refractivity contribution in [2.45, 2.75) is 51.2 Å². The summed E-state index contributed by atoms with van der Waals surface area (Å²) in [4.78, 5) is 16.7. The number of nitrogen functional groups attached to an aromatic ring is 1. The molecule has 0 spiro atoms. The highest BCUT2D eigenvalue weighted by molar-refractivity contribution is 6.31. The number of rotatable bonds is 6. The fraction of sp³-hybridized carbons (Fsp3) is 0.267. The van der Waals surface area contributed by atoms with Crippen molar-refractivity contribution in [2.24, 2.45) is 0 Å². The number of halogens is 1. The molecule has 0 unspecified atom stereocenters. The molecule has 4 rings (SSSR count). The van der Waals surface area contributed by atoms with Crippen LogP contribution < -0.4 is 11.1 Å². The number of ether oxygens (including phenoxy) is 1. The zero-order chi connectivity index (χ0) is 25.9. The molecule has 0 saturated heterocycles. The molecular formula is C30H32ClN3O2. The summed E-state index contributed by atoms with van der Waals surface area (Å²) in [5.74, 6) is 0. The van der Waals surface area contributed by atoms with Crippen LogP contribution in [0.15, 0.2) is 73.4 Å². The molecule has 0 atom stereocenters. The van der Waals surface area contributed by atoms with Crippen molar-refractivity contribution in [1.82, 2.24) is 10.3 Å². The van der Waals surface area contributed by atoms with E-state index >= 15 is 0 Å². The molecule has 0 radical (unpaired) electrons. The highest BCUT2D eigenvalue weighted by atomic mass is 35.5. The third-order valence-corrected chi connectivity index (χ3v) is 6.71. The molecule has 186 valence electrons. The van der Waals surface area contributed by atoms with Crippen molar-refractivity contribution in [2.75, 3.05) is 5.73 Å². The number of amides is 1. The molecule has 1 aliphatic carbocycles. The number of nitrogens with two attached hydrogens (primary N) is 1. The predicted molar refractivity (Wildman–Crippen MR) is 148 cm³/mol. The SMILES string of the molecule is C=C(/C(=C\c1c(N)ccnc1Cl)c1ccccc1)c1ccc(C2(NC(=O)OC(C)(C)C)CCC2)cc1. The Kier molecular flexibility index (Phi) is 7.23. The van der Waals surface area contributed by atoms with E-state index in [9.17, 15) is 4.79 Å². The second-order valence-corrected chi connectivity index (χ2v) is 10.5. The maximum absolute atomic E-state index is 12.5. The number of nitrogens with zero attached hydrogens (tertiary/aromatic N) is 1. The van der Waals surface area contributed by atoms with Crippen molar-refractivity contribution >= 4 is 40.6 Å². The smallest absolute Gasteiger partial charge is 0.408 e. The summed E-state index contributed by atoms with van der Waals surface area (Å²) in [5, 5.41) is 3.45. The molecule has 3 N–H and O–H groups in total. The summed E-state index contributed by atoms with van der Waals surface area (Å²) in [6.45, 7) is 10.0. The second-order valence-electron chi connectivity index (χ2n) is 10.1. The quantitative estimate of drug-likeness (QED) is 0.271. The number of hydrogen-bond acceptors (Lipinski definition) is 4. The van der Waals surface area contributed by atoms with E-state index < -0.39 is 17.2 Å². The Bertz CT molecular complexity index is 1270. The molecule has 0 bridgehead atoms. The minimum Gasteiger partial charge on any atom is -0.444 e. The van der Waals surface area contributed by atoms with Crippen LogP contribution in [0.3, 0.4) is 0 Å². The van der Waals surface area contributed by atoms with Crippen LogP contribution >= 0.6 is 11.6 Å². The van der Waals surface area contributed by atoms with Gasteiger partial charge in [0.25, 0.3) is 0 Å². The maximum Gasteiger partial charge on any atom is 0.408 e. The van der Waals surface area contributed by atoms with E-state index in [1.165, 1.54) is 0 Å². The second kappa shape index (κ2) is 10.2. The van der Waals surface area contributed by atoms with Gasteiger partial charge in [0.15, 0.2) is 0 Å². The molecule has 1 saturated carbocycles. The normalized spacial score (nSPS) is 15.1. The molecule has 1 aliphatic rings. The van der Waals surface area contributed by atoms with E-state index in [4.69, 9.17) is 22.1 Å². The summed E-state index contributed by atoms with van der Waals surface area (Å²) in [6, 6.07) is 19.9. The molecule has 2 aromatic carbocycles. The molecule has 36 heavy (non-hydrogen) atoms. The van der Waals surface area contributed by atoms with Gasteiger partial charge in [0, 0.05) is 17.4 Å². The number of allylic oxidation sites excluding steroid dienone is 2. The van der Waals surface area contributed by atoms with Gasteiger partial charge in [-0.15, -0.1) is 0 Å². The van der Waals surface area contributed by atoms with Crippen molar-refractivity contribution in [3.8, 4) is 0 Å². The van der Waals surface area contributed by atoms with Crippen LogP contribution in [0.25, 0.3) is 17.2 Å². The van der Waals surface area contributed by atoms with Crippen LogP contribution in [0, 0.1) is 0 Å². The molecule has 5 nitrogen and oxygen atoms in total. The van der Waals surface area contributed by atoms with Gasteiger partial charge in [0.05, 0.1) is 5.54 Å². The van der Waals surface area contributed by atoms with E-state index in [2.05, 4.69) is 29.0 Å². The Balaban J connectivity index is 1.65. The van der Waals surface area contributed by atoms with Crippen LogP contribution in [-0.2, 0) is 10.3 Å². The number of aromatic nitrogens is 1. The first-order chi connectivity index (χ1) is 17.1. The number of pyridine rings is 1. The minimum atomic E-state index is -0.544. The van der Waals surface area contributed by atoms with Gasteiger partial charge in [-0.1, -0.05) is 72.8 Å². The van der Waals surface area contributed by atoms with Crippen molar-refractivity contribution < 1.29 is 9.53 Å². The zero-order valence-electron chi connectivity index (χ0n) is 21.0. The first kappa shape index (κ1) is 25.5. The molecule has 1 fully saturated rings. The van der Waals surface area contributed by atoms with Gasteiger partial charge in [0.1, 0.15) is 10.8 Å². The van der Waals surface area contributed by atoms with Gasteiger partial charge in [-0.25, -0.2) is 9.78 Å². The average molecular weight is 502 g/mol. The molecule has 6 heteroatoms. The summed E-state index contributed by atoms with van der Waals surface area (Å²) in [7, 11) is 0. The third kappa shape index (κ3) is 5.63. The van der Waals surface area contributed by atoms with Crippen LogP contribution in [0.1, 0.15) is 62.3 Å². The van der Waals surface area contributed by atoms with Gasteiger partial charge >= 0.3 is 6.09 Å². The number of carbonyl (C=O) groups excluding carboxylic acids is 1. The summed E-state index contributed by atoms with van der Waals surface area (Å²) in [6.07, 6.45) is 5.94. The Morgan fingerprint density at radius 1 is 1.08 bits per heavy atom. The van der Waals surface area contributed by atoms with Crippen molar-refractivity contribution in [1.29, 1.82) is 0 Å². The fourth-order valence-corrected chi connectivity index (χ4v) is 4.59. The van der Waals surface area contributed by atoms with Crippen LogP contribution in [-0.4, -0.2) is 16.7 Å². The molecule has 0 aliphatic heterocycles. The Hall–Kier alpha value is -3.57. The molecule has 1 heterocycles. The standard InChI is InChI=1S/C30H32ClN3O2/c1-20(24(22-9-6-5-7-10-22)19-25-26(32)15-18-33-27(25)31)21-11-13-23(14-12-21)30(16-8-17-30)34-28(35)36-29(2,3)4/h5-7,9-15,18-19H,1,8,16-17H2,2-4H3,(H2,32,33)(H,34,35)/b24-19+. The molecular weight excluding hydrogens is 470 g/mol. The van der Waals surface area contributed by atoms with Crippen LogP contribution in [0.2, 0.25) is 5.15 Å². The zero-order valence-corrected chi connectivity index (χ0v) is 21.7. The van der Waals surface area contributed by atoms with Crippen molar-refractivity contribution in [3.05, 3.63) is 101 Å². The van der Waals surface area contributed by atoms with Gasteiger partial charge in [-0.05, 0) is 80.0 Å². The van der Waals surface area contributed by atoms with Crippen LogP contribution in [0.5, 0.6) is 0 Å². The lowest BCUT2D eigenvalue weighted by atomic mass is 9.71. The highest BCUT2D eigenvalue weighted by Gasteiger charge is 2.41. The number of alkyl carbamates (subject to hydrolysis) is 1. The number of benzene rings is 2. The lowest BCUT2D eigenvalue weighted by molar-refractivity contribution is 0.0377. The van der Waals surface area contributed by atoms with Crippen molar-refractivity contribution in [3.63, 3.8) is 0 Å². The number of nitrogens with one attached hydrogen (secondary N) is 1. The minimum absolute atomic E-state index is 0.340. The monoisotopic (exact) mass is 501 g/mol. The molecule has 1 aromatic heterocycles. The van der Waals surface area contributed by atoms with E-state index in [1.807, 2.05) is 69.3 Å². The maximum atomic E-state index is 12.5. The largest absolute Gasteiger partial charge is 0.444 e. The molecule has 3 aromatic rings. The van der Waals surface area contributed by atoms with E-state index in [-0.39, 0.29) is 0 Å². The molecule has 1 amide bonds. The van der Waals surface area contributed by atoms with Gasteiger partial charge in [0.2, 0.25) is 0 Å². The van der Waals surface area contributed by atoms with E-state index in [1.54, 1.807) is 12.3 Å². The Labute approximate surface area is 218 Å².